The second-order valence-electron chi connectivity index (χ2n) is 3.19. The van der Waals surface area contributed by atoms with Crippen molar-refractivity contribution < 1.29 is 9.59 Å². The lowest BCUT2D eigenvalue weighted by Crippen LogP contribution is -2.17. The second kappa shape index (κ2) is 2.30. The summed E-state index contributed by atoms with van der Waals surface area (Å²) >= 11 is 0. The number of amides is 1. The van der Waals surface area contributed by atoms with Crippen LogP contribution in [0.1, 0.15) is 13.3 Å². The molecule has 1 amide bonds. The molecule has 1 N–H and O–H groups in total. The minimum Gasteiger partial charge on any atom is -0.319 e. The van der Waals surface area contributed by atoms with Crippen molar-refractivity contribution in [3.05, 3.63) is 23.4 Å². The molecule has 3 nitrogen and oxygen atoms in total. The number of ketones is 1. The molecule has 0 aromatic heterocycles. The summed E-state index contributed by atoms with van der Waals surface area (Å²) < 4.78 is 0. The first-order valence-electron chi connectivity index (χ1n) is 3.96. The SMILES string of the molecule is CC1C=C2C(=O)C(=O)NC2=CC1. The maximum Gasteiger partial charge on any atom is 0.296 e. The third-order valence-electron chi connectivity index (χ3n) is 2.13. The quantitative estimate of drug-likeness (QED) is 0.529. The fraction of sp³-hybridized carbons (Fsp3) is 0.333. The van der Waals surface area contributed by atoms with Gasteiger partial charge in [-0.3, -0.25) is 9.59 Å². The van der Waals surface area contributed by atoms with Gasteiger partial charge in [-0.05, 0) is 12.3 Å². The molecule has 3 heteroatoms. The van der Waals surface area contributed by atoms with Crippen LogP contribution in [-0.2, 0) is 9.59 Å². The summed E-state index contributed by atoms with van der Waals surface area (Å²) in [5.74, 6) is -0.533. The minimum absolute atomic E-state index is 0.361. The Hall–Kier alpha value is -1.38. The highest BCUT2D eigenvalue weighted by Gasteiger charge is 2.32. The number of Topliss-reactive ketones (excluding diaryl/α,β-unsaturated/α-hetero) is 1. The molecule has 0 bridgehead atoms. The molecule has 1 atom stereocenters. The molecule has 0 saturated carbocycles. The van der Waals surface area contributed by atoms with Crippen LogP contribution in [0.4, 0.5) is 0 Å². The number of hydrogen-bond donors (Lipinski definition) is 1. The van der Waals surface area contributed by atoms with Crippen molar-refractivity contribution in [3.8, 4) is 0 Å². The zero-order valence-electron chi connectivity index (χ0n) is 6.76. The van der Waals surface area contributed by atoms with Crippen LogP contribution in [0.15, 0.2) is 23.4 Å². The van der Waals surface area contributed by atoms with Gasteiger partial charge in [0, 0.05) is 11.3 Å². The van der Waals surface area contributed by atoms with Crippen LogP contribution >= 0.6 is 0 Å². The van der Waals surface area contributed by atoms with E-state index in [1.54, 1.807) is 0 Å². The average Bonchev–Trinajstić information content (AvgIpc) is 2.31. The standard InChI is InChI=1S/C9H9NO2/c1-5-2-3-7-6(4-5)8(11)9(12)10-7/h3-5H,2H2,1H3,(H,10,12). The Bertz CT molecular complexity index is 325. The number of rotatable bonds is 0. The molecule has 1 aliphatic heterocycles. The smallest absolute Gasteiger partial charge is 0.296 e. The van der Waals surface area contributed by atoms with Crippen LogP contribution in [0.3, 0.4) is 0 Å². The third-order valence-corrected chi connectivity index (χ3v) is 2.13. The van der Waals surface area contributed by atoms with Crippen molar-refractivity contribution in [3.63, 3.8) is 0 Å². The number of hydrogen-bond acceptors (Lipinski definition) is 2. The first kappa shape index (κ1) is 7.28. The molecule has 1 fully saturated rings. The molecule has 1 unspecified atom stereocenters. The highest BCUT2D eigenvalue weighted by Crippen LogP contribution is 2.25. The molecule has 12 heavy (non-hydrogen) atoms. The second-order valence-corrected chi connectivity index (χ2v) is 3.19. The highest BCUT2D eigenvalue weighted by molar-refractivity contribution is 6.47. The van der Waals surface area contributed by atoms with E-state index in [1.807, 2.05) is 19.1 Å². The Morgan fingerprint density at radius 3 is 3.00 bits per heavy atom. The van der Waals surface area contributed by atoms with Crippen LogP contribution in [0.5, 0.6) is 0 Å². The predicted octanol–water partition coefficient (Wildman–Crippen LogP) is 0.535. The van der Waals surface area contributed by atoms with Crippen molar-refractivity contribution in [1.29, 1.82) is 0 Å². The van der Waals surface area contributed by atoms with Crippen LogP contribution in [-0.4, -0.2) is 11.7 Å². The van der Waals surface area contributed by atoms with Gasteiger partial charge in [0.15, 0.2) is 0 Å². The van der Waals surface area contributed by atoms with Crippen molar-refractivity contribution in [2.45, 2.75) is 13.3 Å². The Kier molecular flexibility index (Phi) is 1.40. The lowest BCUT2D eigenvalue weighted by atomic mass is 9.95. The van der Waals surface area contributed by atoms with Gasteiger partial charge in [-0.2, -0.15) is 0 Å². The van der Waals surface area contributed by atoms with E-state index >= 15 is 0 Å². The fourth-order valence-corrected chi connectivity index (χ4v) is 1.47. The molecule has 2 aliphatic rings. The van der Waals surface area contributed by atoms with Crippen LogP contribution in [0.2, 0.25) is 0 Å². The van der Waals surface area contributed by atoms with Crippen molar-refractivity contribution in [1.82, 2.24) is 5.32 Å². The van der Waals surface area contributed by atoms with Gasteiger partial charge in [0.25, 0.3) is 11.7 Å². The molecule has 0 radical (unpaired) electrons. The lowest BCUT2D eigenvalue weighted by Gasteiger charge is -2.10. The summed E-state index contributed by atoms with van der Waals surface area (Å²) in [6, 6.07) is 0. The normalized spacial score (nSPS) is 27.6. The van der Waals surface area contributed by atoms with Gasteiger partial charge in [-0.25, -0.2) is 0 Å². The highest BCUT2D eigenvalue weighted by atomic mass is 16.2. The van der Waals surface area contributed by atoms with Gasteiger partial charge >= 0.3 is 0 Å². The summed E-state index contributed by atoms with van der Waals surface area (Å²) in [5, 5.41) is 2.53. The first-order chi connectivity index (χ1) is 5.68. The van der Waals surface area contributed by atoms with E-state index in [-0.39, 0.29) is 0 Å². The number of allylic oxidation sites excluding steroid dienone is 3. The molecule has 62 valence electrons. The predicted molar refractivity (Wildman–Crippen MR) is 43.1 cm³/mol. The summed E-state index contributed by atoms with van der Waals surface area (Å²) in [5.41, 5.74) is 1.25. The molecule has 1 aliphatic carbocycles. The third kappa shape index (κ3) is 0.897. The fourth-order valence-electron chi connectivity index (χ4n) is 1.47. The molecular weight excluding hydrogens is 154 g/mol. The van der Waals surface area contributed by atoms with Crippen LogP contribution < -0.4 is 5.32 Å². The van der Waals surface area contributed by atoms with Gasteiger partial charge < -0.3 is 5.32 Å². The van der Waals surface area contributed by atoms with Crippen molar-refractivity contribution in [2.24, 2.45) is 5.92 Å². The van der Waals surface area contributed by atoms with Gasteiger partial charge in [0.05, 0.1) is 0 Å². The van der Waals surface area contributed by atoms with Gasteiger partial charge in [0.1, 0.15) is 0 Å². The van der Waals surface area contributed by atoms with E-state index in [2.05, 4.69) is 5.32 Å². The van der Waals surface area contributed by atoms with Crippen molar-refractivity contribution in [2.75, 3.05) is 0 Å². The maximum atomic E-state index is 11.2. The van der Waals surface area contributed by atoms with E-state index in [0.717, 1.165) is 6.42 Å². The minimum atomic E-state index is -0.499. The summed E-state index contributed by atoms with van der Waals surface area (Å²) in [4.78, 5) is 22.1. The molecular formula is C9H9NO2. The Morgan fingerprint density at radius 2 is 2.25 bits per heavy atom. The molecule has 0 aromatic rings. The zero-order chi connectivity index (χ0) is 8.72. The van der Waals surface area contributed by atoms with Gasteiger partial charge in [0.2, 0.25) is 0 Å². The van der Waals surface area contributed by atoms with Crippen molar-refractivity contribution >= 4 is 11.7 Å². The maximum absolute atomic E-state index is 11.2. The van der Waals surface area contributed by atoms with E-state index in [4.69, 9.17) is 0 Å². The van der Waals surface area contributed by atoms with Gasteiger partial charge in [-0.15, -0.1) is 0 Å². The average molecular weight is 163 g/mol. The molecule has 1 heterocycles. The van der Waals surface area contributed by atoms with Crippen LogP contribution in [0, 0.1) is 5.92 Å². The largest absolute Gasteiger partial charge is 0.319 e. The molecule has 1 saturated heterocycles. The Balaban J connectivity index is 2.44. The molecule has 2 rings (SSSR count). The summed E-state index contributed by atoms with van der Waals surface area (Å²) in [7, 11) is 0. The number of fused-ring (bicyclic) bond motifs is 1. The van der Waals surface area contributed by atoms with E-state index in [9.17, 15) is 9.59 Å². The molecule has 0 spiro atoms. The Labute approximate surface area is 70.1 Å². The first-order valence-corrected chi connectivity index (χ1v) is 3.96. The zero-order valence-corrected chi connectivity index (χ0v) is 6.76. The molecule has 0 aromatic carbocycles. The van der Waals surface area contributed by atoms with Crippen LogP contribution in [0.25, 0.3) is 0 Å². The summed E-state index contributed by atoms with van der Waals surface area (Å²) in [6.07, 6.45) is 4.66. The van der Waals surface area contributed by atoms with E-state index < -0.39 is 11.7 Å². The van der Waals surface area contributed by atoms with E-state index in [0.29, 0.717) is 17.2 Å². The number of carbonyl (C=O) groups is 2. The Morgan fingerprint density at radius 1 is 1.50 bits per heavy atom. The van der Waals surface area contributed by atoms with E-state index in [1.165, 1.54) is 0 Å². The monoisotopic (exact) mass is 163 g/mol. The number of nitrogens with one attached hydrogen (secondary N) is 1. The topological polar surface area (TPSA) is 46.2 Å². The van der Waals surface area contributed by atoms with Gasteiger partial charge in [-0.1, -0.05) is 19.1 Å². The summed E-state index contributed by atoms with van der Waals surface area (Å²) in [6.45, 7) is 2.02. The lowest BCUT2D eigenvalue weighted by molar-refractivity contribution is -0.133. The number of carbonyl (C=O) groups excluding carboxylic acids is 2.